The second kappa shape index (κ2) is 5.93. The Morgan fingerprint density at radius 1 is 1.21 bits per heavy atom. The molecule has 0 aliphatic rings. The molecule has 0 fully saturated rings. The van der Waals surface area contributed by atoms with Gasteiger partial charge in [0, 0.05) is 0 Å². The highest BCUT2D eigenvalue weighted by Crippen LogP contribution is 2.25. The molecule has 1 aromatic carbocycles. The van der Waals surface area contributed by atoms with Crippen LogP contribution in [0.15, 0.2) is 34.9 Å². The fourth-order valence-corrected chi connectivity index (χ4v) is 1.87. The number of benzene rings is 1. The van der Waals surface area contributed by atoms with Gasteiger partial charge in [0.15, 0.2) is 17.5 Å². The molecule has 2 aromatic rings. The molecule has 5 heteroatoms. The smallest absolute Gasteiger partial charge is 0.194 e. The van der Waals surface area contributed by atoms with Crippen LogP contribution in [0.4, 0.5) is 13.2 Å². The molecule has 2 rings (SSSR count). The van der Waals surface area contributed by atoms with Gasteiger partial charge in [-0.3, -0.25) is 0 Å². The summed E-state index contributed by atoms with van der Waals surface area (Å²) in [6.45, 7) is 2.62. The van der Waals surface area contributed by atoms with Gasteiger partial charge >= 0.3 is 0 Å². The topological polar surface area (TPSA) is 25.2 Å². The fraction of sp³-hybridized carbons (Fsp3) is 0.286. The summed E-state index contributed by atoms with van der Waals surface area (Å²) < 4.78 is 44.8. The van der Waals surface area contributed by atoms with Crippen molar-refractivity contribution in [1.29, 1.82) is 0 Å². The summed E-state index contributed by atoms with van der Waals surface area (Å²) in [7, 11) is 0. The predicted octanol–water partition coefficient (Wildman–Crippen LogP) is 3.79. The monoisotopic (exact) mass is 269 g/mol. The van der Waals surface area contributed by atoms with E-state index in [-0.39, 0.29) is 0 Å². The Bertz CT molecular complexity index is 517. The van der Waals surface area contributed by atoms with E-state index in [0.29, 0.717) is 17.9 Å². The van der Waals surface area contributed by atoms with Crippen LogP contribution in [0.5, 0.6) is 0 Å². The second-order valence-electron chi connectivity index (χ2n) is 4.20. The molecule has 1 atom stereocenters. The highest BCUT2D eigenvalue weighted by atomic mass is 19.2. The third-order valence-corrected chi connectivity index (χ3v) is 2.77. The third-order valence-electron chi connectivity index (χ3n) is 2.77. The first-order valence-corrected chi connectivity index (χ1v) is 6.04. The van der Waals surface area contributed by atoms with Gasteiger partial charge in [-0.25, -0.2) is 13.2 Å². The van der Waals surface area contributed by atoms with Crippen molar-refractivity contribution < 1.29 is 17.6 Å². The van der Waals surface area contributed by atoms with Crippen LogP contribution in [0.3, 0.4) is 0 Å². The Kier molecular flexibility index (Phi) is 4.27. The van der Waals surface area contributed by atoms with Crippen molar-refractivity contribution in [3.63, 3.8) is 0 Å². The fourth-order valence-electron chi connectivity index (χ4n) is 1.87. The maximum atomic E-state index is 13.3. The number of hydrogen-bond acceptors (Lipinski definition) is 2. The van der Waals surface area contributed by atoms with Gasteiger partial charge in [0.25, 0.3) is 0 Å². The molecule has 2 nitrogen and oxygen atoms in total. The molecule has 1 aromatic heterocycles. The van der Waals surface area contributed by atoms with E-state index >= 15 is 0 Å². The molecule has 0 radical (unpaired) electrons. The van der Waals surface area contributed by atoms with E-state index < -0.39 is 23.5 Å². The van der Waals surface area contributed by atoms with E-state index in [9.17, 15) is 13.2 Å². The first-order valence-electron chi connectivity index (χ1n) is 6.04. The van der Waals surface area contributed by atoms with E-state index in [1.807, 2.05) is 6.92 Å². The van der Waals surface area contributed by atoms with Crippen molar-refractivity contribution in [3.05, 3.63) is 59.3 Å². The van der Waals surface area contributed by atoms with Crippen molar-refractivity contribution in [3.8, 4) is 0 Å². The molecule has 0 spiro atoms. The number of nitrogens with one attached hydrogen (secondary N) is 1. The highest BCUT2D eigenvalue weighted by molar-refractivity contribution is 5.28. The summed E-state index contributed by atoms with van der Waals surface area (Å²) in [5, 5.41) is 3.11. The van der Waals surface area contributed by atoms with Gasteiger partial charge in [0.05, 0.1) is 12.3 Å². The van der Waals surface area contributed by atoms with Crippen LogP contribution in [0.25, 0.3) is 0 Å². The molecule has 0 saturated carbocycles. The van der Waals surface area contributed by atoms with E-state index in [1.54, 1.807) is 12.1 Å². The summed E-state index contributed by atoms with van der Waals surface area (Å²) in [5.74, 6) is -3.34. The minimum atomic E-state index is -1.46. The number of halogens is 3. The molecular formula is C14H14F3NO. The van der Waals surface area contributed by atoms with Gasteiger partial charge in [-0.1, -0.05) is 6.92 Å². The molecule has 102 valence electrons. The number of rotatable bonds is 5. The zero-order chi connectivity index (χ0) is 13.8. The van der Waals surface area contributed by atoms with Crippen LogP contribution in [0, 0.1) is 17.5 Å². The van der Waals surface area contributed by atoms with E-state index in [1.165, 1.54) is 6.26 Å². The summed E-state index contributed by atoms with van der Waals surface area (Å²) >= 11 is 0. The Morgan fingerprint density at radius 3 is 2.42 bits per heavy atom. The lowest BCUT2D eigenvalue weighted by molar-refractivity contribution is 0.427. The lowest BCUT2D eigenvalue weighted by Crippen LogP contribution is -2.23. The minimum absolute atomic E-state index is 0.291. The Labute approximate surface area is 109 Å². The molecule has 0 bridgehead atoms. The quantitative estimate of drug-likeness (QED) is 0.835. The molecular weight excluding hydrogens is 255 g/mol. The van der Waals surface area contributed by atoms with Gasteiger partial charge < -0.3 is 9.73 Å². The molecule has 19 heavy (non-hydrogen) atoms. The van der Waals surface area contributed by atoms with Gasteiger partial charge in [0.1, 0.15) is 5.76 Å². The zero-order valence-corrected chi connectivity index (χ0v) is 10.4. The Morgan fingerprint density at radius 2 is 1.89 bits per heavy atom. The maximum Gasteiger partial charge on any atom is 0.194 e. The summed E-state index contributed by atoms with van der Waals surface area (Å²) in [6.07, 6.45) is 2.33. The first kappa shape index (κ1) is 13.7. The summed E-state index contributed by atoms with van der Waals surface area (Å²) in [4.78, 5) is 0. The average Bonchev–Trinajstić information content (AvgIpc) is 2.90. The second-order valence-corrected chi connectivity index (χ2v) is 4.20. The SMILES string of the molecule is CCCNC(c1cc(F)c(F)c(F)c1)c1ccco1. The molecule has 0 aliphatic heterocycles. The van der Waals surface area contributed by atoms with Gasteiger partial charge in [0.2, 0.25) is 0 Å². The van der Waals surface area contributed by atoms with Crippen LogP contribution < -0.4 is 5.32 Å². The molecule has 1 N–H and O–H groups in total. The summed E-state index contributed by atoms with van der Waals surface area (Å²) in [5.41, 5.74) is 0.291. The molecule has 0 aliphatic carbocycles. The van der Waals surface area contributed by atoms with Crippen LogP contribution >= 0.6 is 0 Å². The van der Waals surface area contributed by atoms with E-state index in [0.717, 1.165) is 18.6 Å². The van der Waals surface area contributed by atoms with Crippen molar-refractivity contribution in [1.82, 2.24) is 5.32 Å². The molecule has 0 amide bonds. The van der Waals surface area contributed by atoms with Gasteiger partial charge in [-0.2, -0.15) is 0 Å². The maximum absolute atomic E-state index is 13.3. The van der Waals surface area contributed by atoms with Crippen LogP contribution in [-0.2, 0) is 0 Å². The van der Waals surface area contributed by atoms with Crippen molar-refractivity contribution in [2.24, 2.45) is 0 Å². The first-order chi connectivity index (χ1) is 9.13. The van der Waals surface area contributed by atoms with Crippen molar-refractivity contribution in [2.45, 2.75) is 19.4 Å². The summed E-state index contributed by atoms with van der Waals surface area (Å²) in [6, 6.07) is 4.85. The molecule has 1 unspecified atom stereocenters. The predicted molar refractivity (Wildman–Crippen MR) is 65.2 cm³/mol. The van der Waals surface area contributed by atoms with Gasteiger partial charge in [-0.15, -0.1) is 0 Å². The van der Waals surface area contributed by atoms with Crippen molar-refractivity contribution in [2.75, 3.05) is 6.54 Å². The third kappa shape index (κ3) is 2.98. The number of hydrogen-bond donors (Lipinski definition) is 1. The van der Waals surface area contributed by atoms with Crippen LogP contribution in [0.1, 0.15) is 30.7 Å². The van der Waals surface area contributed by atoms with Crippen molar-refractivity contribution >= 4 is 0 Å². The van der Waals surface area contributed by atoms with Crippen LogP contribution in [0.2, 0.25) is 0 Å². The van der Waals surface area contributed by atoms with Gasteiger partial charge in [-0.05, 0) is 42.8 Å². The Hall–Kier alpha value is -1.75. The largest absolute Gasteiger partial charge is 0.467 e. The van der Waals surface area contributed by atoms with E-state index in [4.69, 9.17) is 4.42 Å². The molecule has 0 saturated heterocycles. The minimum Gasteiger partial charge on any atom is -0.467 e. The zero-order valence-electron chi connectivity index (χ0n) is 10.4. The highest BCUT2D eigenvalue weighted by Gasteiger charge is 2.20. The normalized spacial score (nSPS) is 12.6. The van der Waals surface area contributed by atoms with E-state index in [2.05, 4.69) is 5.32 Å². The average molecular weight is 269 g/mol. The Balaban J connectivity index is 2.38. The number of furan rings is 1. The molecule has 1 heterocycles. The standard InChI is InChI=1S/C14H14F3NO/c1-2-5-18-14(12-4-3-6-19-12)9-7-10(15)13(17)11(16)8-9/h3-4,6-8,14,18H,2,5H2,1H3. The lowest BCUT2D eigenvalue weighted by atomic mass is 10.0. The lowest BCUT2D eigenvalue weighted by Gasteiger charge is -2.17. The van der Waals surface area contributed by atoms with Crippen LogP contribution in [-0.4, -0.2) is 6.54 Å².